The maximum Gasteiger partial charge on any atom is 0.306 e. The Morgan fingerprint density at radius 2 is 2.00 bits per heavy atom. The number of pyridine rings is 1. The van der Waals surface area contributed by atoms with Gasteiger partial charge in [0.1, 0.15) is 0 Å². The SMILES string of the molecule is CC(CCCC(C)C(=O)O)NC(=O)c1ccnc(F)c1F. The van der Waals surface area contributed by atoms with Crippen LogP contribution in [0, 0.1) is 17.7 Å². The molecule has 2 N–H and O–H groups in total. The first kappa shape index (κ1) is 17.0. The lowest BCUT2D eigenvalue weighted by atomic mass is 10.0. The largest absolute Gasteiger partial charge is 0.481 e. The van der Waals surface area contributed by atoms with Crippen molar-refractivity contribution >= 4 is 11.9 Å². The van der Waals surface area contributed by atoms with E-state index in [2.05, 4.69) is 10.3 Å². The fourth-order valence-electron chi connectivity index (χ4n) is 1.82. The lowest BCUT2D eigenvalue weighted by Gasteiger charge is -2.15. The van der Waals surface area contributed by atoms with E-state index in [1.54, 1.807) is 13.8 Å². The van der Waals surface area contributed by atoms with Crippen LogP contribution in [0.15, 0.2) is 12.3 Å². The van der Waals surface area contributed by atoms with E-state index < -0.39 is 35.1 Å². The number of carboxylic acids is 1. The monoisotopic (exact) mass is 300 g/mol. The van der Waals surface area contributed by atoms with E-state index in [4.69, 9.17) is 5.11 Å². The van der Waals surface area contributed by atoms with E-state index in [1.165, 1.54) is 0 Å². The summed E-state index contributed by atoms with van der Waals surface area (Å²) in [4.78, 5) is 25.6. The number of hydrogen-bond donors (Lipinski definition) is 2. The molecule has 1 aromatic rings. The van der Waals surface area contributed by atoms with Crippen molar-refractivity contribution < 1.29 is 23.5 Å². The molecule has 2 unspecified atom stereocenters. The van der Waals surface area contributed by atoms with Crippen LogP contribution in [-0.4, -0.2) is 28.0 Å². The van der Waals surface area contributed by atoms with Crippen molar-refractivity contribution in [2.75, 3.05) is 0 Å². The van der Waals surface area contributed by atoms with Crippen LogP contribution in [-0.2, 0) is 4.79 Å². The van der Waals surface area contributed by atoms with Gasteiger partial charge in [-0.1, -0.05) is 13.3 Å². The van der Waals surface area contributed by atoms with Crippen molar-refractivity contribution in [2.45, 2.75) is 39.2 Å². The van der Waals surface area contributed by atoms with Crippen LogP contribution in [0.4, 0.5) is 8.78 Å². The summed E-state index contributed by atoms with van der Waals surface area (Å²) in [5.74, 6) is -4.61. The summed E-state index contributed by atoms with van der Waals surface area (Å²) in [7, 11) is 0. The Balaban J connectivity index is 2.47. The number of carbonyl (C=O) groups is 2. The Kier molecular flexibility index (Phi) is 6.20. The molecule has 5 nitrogen and oxygen atoms in total. The summed E-state index contributed by atoms with van der Waals surface area (Å²) in [6.07, 6.45) is 2.68. The molecule has 0 fully saturated rings. The van der Waals surface area contributed by atoms with E-state index >= 15 is 0 Å². The van der Waals surface area contributed by atoms with Gasteiger partial charge >= 0.3 is 5.97 Å². The molecule has 0 bridgehead atoms. The second-order valence-electron chi connectivity index (χ2n) is 5.01. The lowest BCUT2D eigenvalue weighted by molar-refractivity contribution is -0.141. The van der Waals surface area contributed by atoms with Crippen molar-refractivity contribution in [3.8, 4) is 0 Å². The molecule has 7 heteroatoms. The standard InChI is InChI=1S/C14H18F2N2O3/c1-8(14(20)21)4-3-5-9(2)18-13(19)10-6-7-17-12(16)11(10)15/h6-9H,3-5H2,1-2H3,(H,18,19)(H,20,21). The van der Waals surface area contributed by atoms with Gasteiger partial charge in [-0.25, -0.2) is 9.37 Å². The smallest absolute Gasteiger partial charge is 0.306 e. The molecule has 1 amide bonds. The predicted octanol–water partition coefficient (Wildman–Crippen LogP) is 2.37. The average Bonchev–Trinajstić information content (AvgIpc) is 2.41. The second kappa shape index (κ2) is 7.66. The van der Waals surface area contributed by atoms with Crippen molar-refractivity contribution in [3.63, 3.8) is 0 Å². The van der Waals surface area contributed by atoms with Crippen LogP contribution in [0.3, 0.4) is 0 Å². The first-order valence-corrected chi connectivity index (χ1v) is 6.66. The Morgan fingerprint density at radius 3 is 2.62 bits per heavy atom. The quantitative estimate of drug-likeness (QED) is 0.758. The number of carbonyl (C=O) groups excluding carboxylic acids is 1. The van der Waals surface area contributed by atoms with Crippen LogP contribution in [0.25, 0.3) is 0 Å². The molecular weight excluding hydrogens is 282 g/mol. The molecular formula is C14H18F2N2O3. The zero-order valence-corrected chi connectivity index (χ0v) is 11.9. The predicted molar refractivity (Wildman–Crippen MR) is 71.7 cm³/mol. The first-order valence-electron chi connectivity index (χ1n) is 6.66. The van der Waals surface area contributed by atoms with Gasteiger partial charge in [-0.15, -0.1) is 0 Å². The number of hydrogen-bond acceptors (Lipinski definition) is 3. The Labute approximate surface area is 121 Å². The Bertz CT molecular complexity index is 523. The third kappa shape index (κ3) is 5.09. The molecule has 0 aliphatic rings. The summed E-state index contributed by atoms with van der Waals surface area (Å²) in [6.45, 7) is 3.33. The van der Waals surface area contributed by atoms with Gasteiger partial charge in [-0.3, -0.25) is 9.59 Å². The van der Waals surface area contributed by atoms with Crippen LogP contribution >= 0.6 is 0 Å². The van der Waals surface area contributed by atoms with E-state index in [-0.39, 0.29) is 6.04 Å². The van der Waals surface area contributed by atoms with Crippen molar-refractivity contribution in [1.29, 1.82) is 0 Å². The molecule has 1 heterocycles. The number of aromatic nitrogens is 1. The maximum atomic E-state index is 13.4. The first-order chi connectivity index (χ1) is 9.82. The highest BCUT2D eigenvalue weighted by molar-refractivity contribution is 5.94. The molecule has 1 rings (SSSR count). The molecule has 0 aromatic carbocycles. The van der Waals surface area contributed by atoms with Gasteiger partial charge in [0.15, 0.2) is 5.82 Å². The Morgan fingerprint density at radius 1 is 1.33 bits per heavy atom. The van der Waals surface area contributed by atoms with Gasteiger partial charge < -0.3 is 10.4 Å². The summed E-state index contributed by atoms with van der Waals surface area (Å²) in [5, 5.41) is 11.3. The maximum absolute atomic E-state index is 13.4. The highest BCUT2D eigenvalue weighted by Gasteiger charge is 2.18. The molecule has 2 atom stereocenters. The third-order valence-electron chi connectivity index (χ3n) is 3.16. The van der Waals surface area contributed by atoms with E-state index in [0.717, 1.165) is 12.3 Å². The number of nitrogens with zero attached hydrogens (tertiary/aromatic N) is 1. The number of aliphatic carboxylic acids is 1. The fourth-order valence-corrected chi connectivity index (χ4v) is 1.82. The number of nitrogens with one attached hydrogen (secondary N) is 1. The van der Waals surface area contributed by atoms with Gasteiger partial charge in [-0.2, -0.15) is 4.39 Å². The number of amides is 1. The summed E-state index contributed by atoms with van der Waals surface area (Å²) >= 11 is 0. The second-order valence-corrected chi connectivity index (χ2v) is 5.01. The van der Waals surface area contributed by atoms with Crippen molar-refractivity contribution in [2.24, 2.45) is 5.92 Å². The topological polar surface area (TPSA) is 79.3 Å². The Hall–Kier alpha value is -2.05. The van der Waals surface area contributed by atoms with Crippen LogP contribution in [0.2, 0.25) is 0 Å². The molecule has 1 aromatic heterocycles. The number of carboxylic acid groups (broad SMARTS) is 1. The fraction of sp³-hybridized carbons (Fsp3) is 0.500. The van der Waals surface area contributed by atoms with Gasteiger partial charge in [-0.05, 0) is 25.8 Å². The molecule has 0 saturated heterocycles. The van der Waals surface area contributed by atoms with Crippen molar-refractivity contribution in [1.82, 2.24) is 10.3 Å². The minimum atomic E-state index is -1.31. The molecule has 0 aliphatic heterocycles. The summed E-state index contributed by atoms with van der Waals surface area (Å²) in [6, 6.07) is 0.835. The average molecular weight is 300 g/mol. The summed E-state index contributed by atoms with van der Waals surface area (Å²) in [5.41, 5.74) is -0.395. The minimum absolute atomic E-state index is 0.269. The van der Waals surface area contributed by atoms with Gasteiger partial charge in [0.2, 0.25) is 5.95 Å². The normalized spacial score (nSPS) is 13.5. The van der Waals surface area contributed by atoms with Crippen LogP contribution < -0.4 is 5.32 Å². The summed E-state index contributed by atoms with van der Waals surface area (Å²) < 4.78 is 26.3. The molecule has 0 radical (unpaired) electrons. The zero-order valence-electron chi connectivity index (χ0n) is 11.9. The highest BCUT2D eigenvalue weighted by atomic mass is 19.2. The number of rotatable bonds is 7. The zero-order chi connectivity index (χ0) is 16.0. The molecule has 116 valence electrons. The highest BCUT2D eigenvalue weighted by Crippen LogP contribution is 2.12. The molecule has 0 aliphatic carbocycles. The van der Waals surface area contributed by atoms with Gasteiger partial charge in [0.25, 0.3) is 5.91 Å². The van der Waals surface area contributed by atoms with Crippen LogP contribution in [0.5, 0.6) is 0 Å². The van der Waals surface area contributed by atoms with Crippen LogP contribution in [0.1, 0.15) is 43.5 Å². The van der Waals surface area contributed by atoms with E-state index in [0.29, 0.717) is 19.3 Å². The van der Waals surface area contributed by atoms with Crippen molar-refractivity contribution in [3.05, 3.63) is 29.6 Å². The lowest BCUT2D eigenvalue weighted by Crippen LogP contribution is -2.33. The van der Waals surface area contributed by atoms with E-state index in [1.807, 2.05) is 0 Å². The molecule has 0 spiro atoms. The minimum Gasteiger partial charge on any atom is -0.481 e. The van der Waals surface area contributed by atoms with E-state index in [9.17, 15) is 18.4 Å². The molecule has 21 heavy (non-hydrogen) atoms. The van der Waals surface area contributed by atoms with Gasteiger partial charge in [0.05, 0.1) is 11.5 Å². The molecule has 0 saturated carbocycles. The third-order valence-corrected chi connectivity index (χ3v) is 3.16. The number of halogens is 2. The van der Waals surface area contributed by atoms with Gasteiger partial charge in [0, 0.05) is 12.2 Å².